The molecule has 0 saturated heterocycles. The van der Waals surface area contributed by atoms with E-state index in [9.17, 15) is 13.6 Å². The van der Waals surface area contributed by atoms with Crippen LogP contribution in [0, 0.1) is 0 Å². The van der Waals surface area contributed by atoms with Gasteiger partial charge in [0.25, 0.3) is 0 Å². The second-order valence-electron chi connectivity index (χ2n) is 10.4. The van der Waals surface area contributed by atoms with Gasteiger partial charge >= 0.3 is 12.1 Å². The molecule has 0 heterocycles. The molecule has 11 nitrogen and oxygen atoms in total. The summed E-state index contributed by atoms with van der Waals surface area (Å²) in [5, 5.41) is 0. The number of ether oxygens (including phenoxy) is 10. The molecule has 0 aliphatic rings. The van der Waals surface area contributed by atoms with Gasteiger partial charge in [-0.15, -0.1) is 0 Å². The summed E-state index contributed by atoms with van der Waals surface area (Å²) in [4.78, 5) is 9.96. The number of carbonyl (C=O) groups excluding carboxylic acids is 1. The first-order valence-electron chi connectivity index (χ1n) is 17.5. The van der Waals surface area contributed by atoms with Crippen LogP contribution in [0.4, 0.5) is 8.78 Å². The summed E-state index contributed by atoms with van der Waals surface area (Å²) in [5.41, 5.74) is 0. The Morgan fingerprint density at radius 3 is 1.29 bits per heavy atom. The number of rotatable bonds is 24. The van der Waals surface area contributed by atoms with E-state index in [1.165, 1.54) is 39.7 Å². The molecule has 0 saturated carbocycles. The van der Waals surface area contributed by atoms with Crippen molar-refractivity contribution in [2.45, 2.75) is 137 Å². The van der Waals surface area contributed by atoms with E-state index in [1.807, 2.05) is 0 Å². The van der Waals surface area contributed by atoms with Gasteiger partial charge in [0.05, 0.1) is 39.1 Å². The van der Waals surface area contributed by atoms with Crippen molar-refractivity contribution in [2.75, 3.05) is 97.0 Å². The van der Waals surface area contributed by atoms with Crippen LogP contribution in [0.2, 0.25) is 0 Å². The maximum atomic E-state index is 11.7. The smallest absolute Gasteiger partial charge is 0.355 e. The van der Waals surface area contributed by atoms with Crippen LogP contribution in [-0.4, -0.2) is 128 Å². The molecular weight excluding hydrogens is 646 g/mol. The standard InChI is InChI=1S/C8H18O3.C8H18O2.C7H16O2.C5H12O.C4H8F2O.C4H8O2/c1-4-5-6-11-8(10-3)7-9-2;1-4-5-6-8(10-3)7-9-2;1-4-5-7(9-3)6-8-2;1-3-4-5-6-2;1-3-4(5,6)7-2;1-3-4(5)6-2/h8H,4-7H2,1-3H3;8H,4-7H2,1-3H3;7H,4-6H2,1-3H3;3-5H2,1-2H3;3H2,1-2H3;3H2,1-2H3. The predicted molar refractivity (Wildman–Crippen MR) is 195 cm³/mol. The molecule has 0 aliphatic heterocycles. The van der Waals surface area contributed by atoms with Crippen molar-refractivity contribution in [2.24, 2.45) is 0 Å². The normalized spacial score (nSPS) is 12.0. The molecule has 13 heteroatoms. The molecule has 3 unspecified atom stereocenters. The van der Waals surface area contributed by atoms with Gasteiger partial charge in [0.1, 0.15) is 0 Å². The van der Waals surface area contributed by atoms with Crippen LogP contribution in [0.1, 0.15) is 112 Å². The van der Waals surface area contributed by atoms with Gasteiger partial charge in [-0.2, -0.15) is 8.78 Å². The first kappa shape index (κ1) is 60.1. The summed E-state index contributed by atoms with van der Waals surface area (Å²) >= 11 is 0. The fourth-order valence-corrected chi connectivity index (χ4v) is 2.92. The summed E-state index contributed by atoms with van der Waals surface area (Å²) in [7, 11) is 14.2. The van der Waals surface area contributed by atoms with Crippen LogP contribution in [0.5, 0.6) is 0 Å². The van der Waals surface area contributed by atoms with Crippen molar-refractivity contribution >= 4 is 5.97 Å². The van der Waals surface area contributed by atoms with Crippen LogP contribution in [0.25, 0.3) is 0 Å². The van der Waals surface area contributed by atoms with E-state index in [-0.39, 0.29) is 18.7 Å². The van der Waals surface area contributed by atoms with Crippen LogP contribution in [-0.2, 0) is 52.2 Å². The molecule has 0 aromatic heterocycles. The van der Waals surface area contributed by atoms with Crippen molar-refractivity contribution < 1.29 is 60.9 Å². The Kier molecular flexibility index (Phi) is 65.9. The molecule has 0 radical (unpaired) electrons. The lowest BCUT2D eigenvalue weighted by Crippen LogP contribution is -2.21. The Morgan fingerprint density at radius 2 is 1.04 bits per heavy atom. The Hall–Kier alpha value is -1.03. The molecular formula is C36H80F2O11. The highest BCUT2D eigenvalue weighted by atomic mass is 19.3. The predicted octanol–water partition coefficient (Wildman–Crippen LogP) is 8.35. The molecule has 3 atom stereocenters. The summed E-state index contributed by atoms with van der Waals surface area (Å²) in [6.07, 6.45) is 8.12. The summed E-state index contributed by atoms with van der Waals surface area (Å²) in [6, 6.07) is 0. The highest BCUT2D eigenvalue weighted by Gasteiger charge is 2.23. The monoisotopic (exact) mass is 727 g/mol. The summed E-state index contributed by atoms with van der Waals surface area (Å²) in [6.45, 7) is 15.3. The van der Waals surface area contributed by atoms with Gasteiger partial charge in [-0.25, -0.2) is 0 Å². The second kappa shape index (κ2) is 53.8. The van der Waals surface area contributed by atoms with E-state index in [2.05, 4.69) is 37.2 Å². The number of hydrogen-bond acceptors (Lipinski definition) is 11. The quantitative estimate of drug-likeness (QED) is 0.0544. The molecule has 0 fully saturated rings. The van der Waals surface area contributed by atoms with Crippen molar-refractivity contribution in [3.8, 4) is 0 Å². The molecule has 0 aromatic carbocycles. The van der Waals surface area contributed by atoms with Crippen LogP contribution in [0.15, 0.2) is 0 Å². The molecule has 0 aliphatic carbocycles. The SMILES string of the molecule is CCC(=O)OC.CCC(F)(F)OC.CCCC(COC)OC.CCCCC(COC)OC.CCCCOC.CCCCOC(COC)OC. The van der Waals surface area contributed by atoms with Crippen LogP contribution in [0.3, 0.4) is 0 Å². The Balaban J connectivity index is -0.000000115. The largest absolute Gasteiger partial charge is 0.469 e. The number of halogens is 2. The van der Waals surface area contributed by atoms with Gasteiger partial charge in [0.15, 0.2) is 6.29 Å². The topological polar surface area (TPSA) is 109 Å². The Bertz CT molecular complexity index is 541. The highest BCUT2D eigenvalue weighted by molar-refractivity contribution is 5.68. The van der Waals surface area contributed by atoms with Crippen molar-refractivity contribution in [1.29, 1.82) is 0 Å². The van der Waals surface area contributed by atoms with Crippen LogP contribution >= 0.6 is 0 Å². The number of unbranched alkanes of at least 4 members (excludes halogenated alkanes) is 3. The summed E-state index contributed by atoms with van der Waals surface area (Å²) in [5.74, 6) is -0.157. The third-order valence-electron chi connectivity index (χ3n) is 6.16. The first-order chi connectivity index (χ1) is 23.4. The zero-order chi connectivity index (χ0) is 39.2. The van der Waals surface area contributed by atoms with E-state index < -0.39 is 6.11 Å². The lowest BCUT2D eigenvalue weighted by Gasteiger charge is -2.14. The average molecular weight is 727 g/mol. The number of methoxy groups -OCH3 is 9. The third kappa shape index (κ3) is 62.5. The molecule has 304 valence electrons. The summed E-state index contributed by atoms with van der Waals surface area (Å²) < 4.78 is 71.5. The van der Waals surface area contributed by atoms with Gasteiger partial charge in [0.2, 0.25) is 0 Å². The van der Waals surface area contributed by atoms with Gasteiger partial charge in [0, 0.05) is 82.9 Å². The minimum Gasteiger partial charge on any atom is -0.469 e. The van der Waals surface area contributed by atoms with Crippen molar-refractivity contribution in [3.63, 3.8) is 0 Å². The maximum Gasteiger partial charge on any atom is 0.355 e. The zero-order valence-corrected chi connectivity index (χ0v) is 34.3. The van der Waals surface area contributed by atoms with Gasteiger partial charge in [-0.1, -0.05) is 73.6 Å². The lowest BCUT2D eigenvalue weighted by atomic mass is 10.2. The number of alkyl halides is 2. The Morgan fingerprint density at radius 1 is 0.571 bits per heavy atom. The number of carbonyl (C=O) groups is 1. The molecule has 0 bridgehead atoms. The minimum absolute atomic E-state index is 0.157. The molecule has 0 aromatic rings. The van der Waals surface area contributed by atoms with Gasteiger partial charge < -0.3 is 47.4 Å². The van der Waals surface area contributed by atoms with Crippen molar-refractivity contribution in [3.05, 3.63) is 0 Å². The lowest BCUT2D eigenvalue weighted by molar-refractivity contribution is -0.222. The second-order valence-corrected chi connectivity index (χ2v) is 10.4. The van der Waals surface area contributed by atoms with Crippen LogP contribution < -0.4 is 0 Å². The third-order valence-corrected chi connectivity index (χ3v) is 6.16. The number of esters is 1. The molecule has 0 N–H and O–H groups in total. The van der Waals surface area contributed by atoms with Gasteiger partial charge in [-0.3, -0.25) is 4.79 Å². The Labute approximate surface area is 300 Å². The highest BCUT2D eigenvalue weighted by Crippen LogP contribution is 2.16. The van der Waals surface area contributed by atoms with Crippen molar-refractivity contribution in [1.82, 2.24) is 0 Å². The van der Waals surface area contributed by atoms with Gasteiger partial charge in [-0.05, 0) is 25.7 Å². The van der Waals surface area contributed by atoms with E-state index in [1.54, 1.807) is 56.7 Å². The molecule has 0 rings (SSSR count). The molecule has 0 spiro atoms. The molecule has 0 amide bonds. The fraction of sp³-hybridized carbons (Fsp3) is 0.972. The van der Waals surface area contributed by atoms with E-state index in [4.69, 9.17) is 37.9 Å². The zero-order valence-electron chi connectivity index (χ0n) is 34.3. The van der Waals surface area contributed by atoms with E-state index >= 15 is 0 Å². The number of hydrogen-bond donors (Lipinski definition) is 0. The van der Waals surface area contributed by atoms with E-state index in [0.717, 1.165) is 59.0 Å². The van der Waals surface area contributed by atoms with E-state index in [0.29, 0.717) is 31.8 Å². The minimum atomic E-state index is -2.92. The average Bonchev–Trinajstić information content (AvgIpc) is 3.12. The first-order valence-corrected chi connectivity index (χ1v) is 17.5. The molecule has 49 heavy (non-hydrogen) atoms. The maximum absolute atomic E-state index is 11.7. The fourth-order valence-electron chi connectivity index (χ4n) is 2.92.